The van der Waals surface area contributed by atoms with Crippen molar-refractivity contribution in [1.29, 1.82) is 0 Å². The second-order valence-corrected chi connectivity index (χ2v) is 10.8. The fraction of sp³-hybridized carbons (Fsp3) is 0.846. The molecule has 0 fully saturated rings. The van der Waals surface area contributed by atoms with Crippen LogP contribution in [0, 0.1) is 0 Å². The molecule has 1 atom stereocenters. The summed E-state index contributed by atoms with van der Waals surface area (Å²) in [6.07, 6.45) is 1.96. The number of hydrogen-bond donors (Lipinski definition) is 0. The highest BCUT2D eigenvalue weighted by Gasteiger charge is 2.38. The van der Waals surface area contributed by atoms with E-state index in [-0.39, 0.29) is 11.0 Å². The molecule has 0 radical (unpaired) electrons. The first-order valence-corrected chi connectivity index (χ1v) is 9.25. The lowest BCUT2D eigenvalue weighted by Gasteiger charge is -2.38. The SMILES string of the molecule is COC(=O)CCC[C@@H](C=O)O[Si](C)(C)C(C)(C)C. The van der Waals surface area contributed by atoms with Gasteiger partial charge in [-0.1, -0.05) is 20.8 Å². The summed E-state index contributed by atoms with van der Waals surface area (Å²) in [4.78, 5) is 22.0. The Bertz CT molecular complexity index is 281. The molecule has 0 aromatic rings. The topological polar surface area (TPSA) is 52.6 Å². The minimum absolute atomic E-state index is 0.0800. The summed E-state index contributed by atoms with van der Waals surface area (Å²) >= 11 is 0. The van der Waals surface area contributed by atoms with E-state index in [9.17, 15) is 9.59 Å². The van der Waals surface area contributed by atoms with Crippen LogP contribution < -0.4 is 0 Å². The summed E-state index contributed by atoms with van der Waals surface area (Å²) in [5, 5.41) is 0.0800. The number of esters is 1. The number of hydrogen-bond acceptors (Lipinski definition) is 4. The standard InChI is InChI=1S/C13H26O4Si/c1-13(2,3)18(5,6)17-11(10-14)8-7-9-12(15)16-4/h10-11H,7-9H2,1-6H3/t11-/m0/s1. The third-order valence-corrected chi connectivity index (χ3v) is 8.01. The number of aldehydes is 1. The smallest absolute Gasteiger partial charge is 0.305 e. The molecule has 0 aromatic heterocycles. The van der Waals surface area contributed by atoms with E-state index in [1.165, 1.54) is 7.11 Å². The van der Waals surface area contributed by atoms with Crippen LogP contribution in [0.5, 0.6) is 0 Å². The van der Waals surface area contributed by atoms with Gasteiger partial charge in [0.1, 0.15) is 12.4 Å². The largest absolute Gasteiger partial charge is 0.469 e. The summed E-state index contributed by atoms with van der Waals surface area (Å²) in [5.41, 5.74) is 0. The van der Waals surface area contributed by atoms with Gasteiger partial charge < -0.3 is 14.0 Å². The van der Waals surface area contributed by atoms with Gasteiger partial charge in [0.05, 0.1) is 7.11 Å². The molecule has 0 N–H and O–H groups in total. The molecular weight excluding hydrogens is 248 g/mol. The summed E-state index contributed by atoms with van der Waals surface area (Å²) in [5.74, 6) is -0.244. The van der Waals surface area contributed by atoms with Gasteiger partial charge in [-0.05, 0) is 31.0 Å². The van der Waals surface area contributed by atoms with Crippen LogP contribution in [0.4, 0.5) is 0 Å². The van der Waals surface area contributed by atoms with Gasteiger partial charge in [-0.2, -0.15) is 0 Å². The fourth-order valence-corrected chi connectivity index (χ4v) is 2.54. The Morgan fingerprint density at radius 2 is 1.89 bits per heavy atom. The van der Waals surface area contributed by atoms with E-state index in [2.05, 4.69) is 38.6 Å². The van der Waals surface area contributed by atoms with Crippen LogP contribution in [0.25, 0.3) is 0 Å². The van der Waals surface area contributed by atoms with Gasteiger partial charge in [-0.15, -0.1) is 0 Å². The summed E-state index contributed by atoms with van der Waals surface area (Å²) < 4.78 is 10.5. The van der Waals surface area contributed by atoms with Crippen molar-refractivity contribution in [2.24, 2.45) is 0 Å². The number of ether oxygens (including phenoxy) is 1. The van der Waals surface area contributed by atoms with Crippen molar-refractivity contribution in [2.75, 3.05) is 7.11 Å². The predicted molar refractivity (Wildman–Crippen MR) is 74.0 cm³/mol. The first kappa shape index (κ1) is 17.3. The molecule has 0 rings (SSSR count). The number of carbonyl (C=O) groups is 2. The highest BCUT2D eigenvalue weighted by atomic mass is 28.4. The first-order valence-electron chi connectivity index (χ1n) is 6.34. The van der Waals surface area contributed by atoms with Crippen LogP contribution in [0.1, 0.15) is 40.0 Å². The number of methoxy groups -OCH3 is 1. The van der Waals surface area contributed by atoms with E-state index >= 15 is 0 Å². The Balaban J connectivity index is 4.28. The lowest BCUT2D eigenvalue weighted by atomic mass is 10.2. The average molecular weight is 274 g/mol. The Kier molecular flexibility index (Phi) is 6.77. The summed E-state index contributed by atoms with van der Waals surface area (Å²) in [6.45, 7) is 10.6. The molecule has 4 nitrogen and oxygen atoms in total. The first-order chi connectivity index (χ1) is 8.14. The quantitative estimate of drug-likeness (QED) is 0.407. The van der Waals surface area contributed by atoms with Crippen molar-refractivity contribution in [1.82, 2.24) is 0 Å². The predicted octanol–water partition coefficient (Wildman–Crippen LogP) is 2.92. The average Bonchev–Trinajstić information content (AvgIpc) is 2.25. The molecule has 0 aliphatic rings. The van der Waals surface area contributed by atoms with Crippen molar-refractivity contribution < 1.29 is 18.8 Å². The van der Waals surface area contributed by atoms with Crippen LogP contribution >= 0.6 is 0 Å². The molecule has 5 heteroatoms. The molecular formula is C13H26O4Si. The van der Waals surface area contributed by atoms with Gasteiger partial charge in [0, 0.05) is 6.42 Å². The highest BCUT2D eigenvalue weighted by molar-refractivity contribution is 6.74. The van der Waals surface area contributed by atoms with Crippen LogP contribution in [-0.4, -0.2) is 33.8 Å². The maximum Gasteiger partial charge on any atom is 0.305 e. The van der Waals surface area contributed by atoms with Gasteiger partial charge in [0.15, 0.2) is 8.32 Å². The minimum Gasteiger partial charge on any atom is -0.469 e. The molecule has 0 aromatic carbocycles. The normalized spacial score (nSPS) is 14.1. The molecule has 0 bridgehead atoms. The number of rotatable bonds is 7. The van der Waals surface area contributed by atoms with Gasteiger partial charge in [-0.3, -0.25) is 4.79 Å². The van der Waals surface area contributed by atoms with Crippen LogP contribution in [-0.2, 0) is 18.8 Å². The van der Waals surface area contributed by atoms with Gasteiger partial charge in [0.2, 0.25) is 0 Å². The lowest BCUT2D eigenvalue weighted by molar-refractivity contribution is -0.140. The van der Waals surface area contributed by atoms with E-state index < -0.39 is 14.4 Å². The molecule has 106 valence electrons. The fourth-order valence-electron chi connectivity index (χ4n) is 1.26. The molecule has 0 unspecified atom stereocenters. The zero-order valence-electron chi connectivity index (χ0n) is 12.4. The zero-order valence-corrected chi connectivity index (χ0v) is 13.4. The Hall–Kier alpha value is -0.683. The number of carbonyl (C=O) groups excluding carboxylic acids is 2. The summed E-state index contributed by atoms with van der Waals surface area (Å²) in [7, 11) is -0.555. The van der Waals surface area contributed by atoms with Crippen molar-refractivity contribution >= 4 is 20.6 Å². The molecule has 0 amide bonds. The molecule has 18 heavy (non-hydrogen) atoms. The molecule has 0 heterocycles. The molecule has 0 saturated carbocycles. The van der Waals surface area contributed by atoms with Crippen LogP contribution in [0.2, 0.25) is 18.1 Å². The highest BCUT2D eigenvalue weighted by Crippen LogP contribution is 2.37. The lowest BCUT2D eigenvalue weighted by Crippen LogP contribution is -2.44. The van der Waals surface area contributed by atoms with E-state index in [0.717, 1.165) is 6.29 Å². The van der Waals surface area contributed by atoms with E-state index in [1.807, 2.05) is 0 Å². The Morgan fingerprint density at radius 3 is 2.28 bits per heavy atom. The van der Waals surface area contributed by atoms with Crippen LogP contribution in [0.3, 0.4) is 0 Å². The minimum atomic E-state index is -1.92. The van der Waals surface area contributed by atoms with Crippen molar-refractivity contribution in [3.63, 3.8) is 0 Å². The Morgan fingerprint density at radius 1 is 1.33 bits per heavy atom. The zero-order chi connectivity index (χ0) is 14.4. The van der Waals surface area contributed by atoms with Crippen molar-refractivity contribution in [2.45, 2.75) is 64.3 Å². The van der Waals surface area contributed by atoms with Gasteiger partial charge in [-0.25, -0.2) is 0 Å². The third-order valence-electron chi connectivity index (χ3n) is 3.50. The maximum absolute atomic E-state index is 11.0. The van der Waals surface area contributed by atoms with Crippen molar-refractivity contribution in [3.8, 4) is 0 Å². The third kappa shape index (κ3) is 5.77. The van der Waals surface area contributed by atoms with E-state index in [0.29, 0.717) is 19.3 Å². The molecule has 0 aliphatic heterocycles. The summed E-state index contributed by atoms with van der Waals surface area (Å²) in [6, 6.07) is 0. The van der Waals surface area contributed by atoms with E-state index in [4.69, 9.17) is 4.43 Å². The maximum atomic E-state index is 11.0. The Labute approximate surface area is 111 Å². The second kappa shape index (κ2) is 7.04. The van der Waals surface area contributed by atoms with Gasteiger partial charge >= 0.3 is 5.97 Å². The van der Waals surface area contributed by atoms with Crippen LogP contribution in [0.15, 0.2) is 0 Å². The monoisotopic (exact) mass is 274 g/mol. The molecule has 0 saturated heterocycles. The second-order valence-electron chi connectivity index (χ2n) is 6.02. The van der Waals surface area contributed by atoms with E-state index in [1.54, 1.807) is 0 Å². The van der Waals surface area contributed by atoms with Crippen molar-refractivity contribution in [3.05, 3.63) is 0 Å². The molecule has 0 aliphatic carbocycles. The van der Waals surface area contributed by atoms with Gasteiger partial charge in [0.25, 0.3) is 0 Å². The molecule has 0 spiro atoms.